The molecule has 1 fully saturated rings. The lowest BCUT2D eigenvalue weighted by Crippen LogP contribution is -2.28. The zero-order valence-electron chi connectivity index (χ0n) is 11.9. The van der Waals surface area contributed by atoms with Gasteiger partial charge in [-0.15, -0.1) is 0 Å². The van der Waals surface area contributed by atoms with Gasteiger partial charge in [-0.1, -0.05) is 13.8 Å². The fraction of sp³-hybridized carbons (Fsp3) is 0.643. The monoisotopic (exact) mass is 340 g/mol. The molecule has 20 heavy (non-hydrogen) atoms. The highest BCUT2D eigenvalue weighted by Gasteiger charge is 2.27. The predicted octanol–water partition coefficient (Wildman–Crippen LogP) is 2.69. The number of aromatic nitrogens is 2. The van der Waals surface area contributed by atoms with Gasteiger partial charge in [0, 0.05) is 31.5 Å². The molecular weight excluding hydrogens is 320 g/mol. The van der Waals surface area contributed by atoms with Crippen molar-refractivity contribution in [1.82, 2.24) is 15.3 Å². The van der Waals surface area contributed by atoms with Gasteiger partial charge in [0.25, 0.3) is 0 Å². The number of carbonyl (C=O) groups is 1. The molecule has 0 aliphatic heterocycles. The van der Waals surface area contributed by atoms with E-state index in [-0.39, 0.29) is 5.91 Å². The first kappa shape index (κ1) is 15.2. The van der Waals surface area contributed by atoms with Crippen LogP contribution in [0.1, 0.15) is 44.9 Å². The Morgan fingerprint density at radius 1 is 1.45 bits per heavy atom. The van der Waals surface area contributed by atoms with E-state index in [1.807, 2.05) is 6.07 Å². The molecule has 1 aromatic rings. The quantitative estimate of drug-likeness (QED) is 0.749. The number of rotatable bonds is 7. The van der Waals surface area contributed by atoms with Crippen molar-refractivity contribution in [3.63, 3.8) is 0 Å². The van der Waals surface area contributed by atoms with E-state index in [9.17, 15) is 4.79 Å². The van der Waals surface area contributed by atoms with Crippen molar-refractivity contribution in [2.75, 3.05) is 18.4 Å². The summed E-state index contributed by atoms with van der Waals surface area (Å²) in [5.41, 5.74) is 0. The lowest BCUT2D eigenvalue weighted by molar-refractivity contribution is -0.120. The van der Waals surface area contributed by atoms with E-state index in [0.29, 0.717) is 24.8 Å². The second-order valence-electron chi connectivity index (χ2n) is 5.58. The second kappa shape index (κ2) is 7.02. The van der Waals surface area contributed by atoms with Gasteiger partial charge in [0.1, 0.15) is 16.2 Å². The highest BCUT2D eigenvalue weighted by molar-refractivity contribution is 9.10. The van der Waals surface area contributed by atoms with Crippen LogP contribution in [0.2, 0.25) is 0 Å². The summed E-state index contributed by atoms with van der Waals surface area (Å²) in [5.74, 6) is 2.74. The SMILES string of the molecule is CC(C)CNC(=O)CCNc1cc(Br)nc(C2CC2)n1. The number of nitrogens with zero attached hydrogens (tertiary/aromatic N) is 2. The Labute approximate surface area is 128 Å². The Balaban J connectivity index is 1.77. The van der Waals surface area contributed by atoms with E-state index < -0.39 is 0 Å². The Morgan fingerprint density at radius 2 is 2.20 bits per heavy atom. The van der Waals surface area contributed by atoms with Crippen LogP contribution in [-0.2, 0) is 4.79 Å². The zero-order valence-corrected chi connectivity index (χ0v) is 13.5. The largest absolute Gasteiger partial charge is 0.369 e. The van der Waals surface area contributed by atoms with Gasteiger partial charge in [-0.2, -0.15) is 0 Å². The fourth-order valence-electron chi connectivity index (χ4n) is 1.76. The molecule has 5 nitrogen and oxygen atoms in total. The van der Waals surface area contributed by atoms with Gasteiger partial charge in [-0.05, 0) is 34.7 Å². The number of nitrogens with one attached hydrogen (secondary N) is 2. The zero-order chi connectivity index (χ0) is 14.5. The average Bonchev–Trinajstić information content (AvgIpc) is 3.20. The van der Waals surface area contributed by atoms with E-state index in [2.05, 4.69) is 50.4 Å². The fourth-order valence-corrected chi connectivity index (χ4v) is 2.16. The van der Waals surface area contributed by atoms with Crippen molar-refractivity contribution in [1.29, 1.82) is 0 Å². The van der Waals surface area contributed by atoms with Gasteiger partial charge in [0.05, 0.1) is 0 Å². The molecule has 6 heteroatoms. The summed E-state index contributed by atoms with van der Waals surface area (Å²) >= 11 is 3.40. The third-order valence-corrected chi connectivity index (χ3v) is 3.43. The van der Waals surface area contributed by atoms with Gasteiger partial charge in [-0.25, -0.2) is 9.97 Å². The van der Waals surface area contributed by atoms with Crippen molar-refractivity contribution in [3.8, 4) is 0 Å². The van der Waals surface area contributed by atoms with Gasteiger partial charge in [0.15, 0.2) is 0 Å². The molecule has 1 saturated carbocycles. The van der Waals surface area contributed by atoms with E-state index in [1.54, 1.807) is 0 Å². The first-order valence-electron chi connectivity index (χ1n) is 7.09. The summed E-state index contributed by atoms with van der Waals surface area (Å²) in [4.78, 5) is 20.5. The molecule has 1 heterocycles. The normalized spacial score (nSPS) is 14.4. The lowest BCUT2D eigenvalue weighted by atomic mass is 10.2. The highest BCUT2D eigenvalue weighted by Crippen LogP contribution is 2.38. The molecule has 110 valence electrons. The van der Waals surface area contributed by atoms with Crippen molar-refractivity contribution in [3.05, 3.63) is 16.5 Å². The van der Waals surface area contributed by atoms with Gasteiger partial charge in [0.2, 0.25) is 5.91 Å². The Kier molecular flexibility index (Phi) is 5.34. The van der Waals surface area contributed by atoms with E-state index in [1.165, 1.54) is 12.8 Å². The number of amides is 1. The third kappa shape index (κ3) is 5.07. The average molecular weight is 341 g/mol. The summed E-state index contributed by atoms with van der Waals surface area (Å²) in [6.45, 7) is 5.47. The first-order chi connectivity index (χ1) is 9.54. The number of hydrogen-bond donors (Lipinski definition) is 2. The van der Waals surface area contributed by atoms with Crippen molar-refractivity contribution in [2.45, 2.75) is 39.0 Å². The number of hydrogen-bond acceptors (Lipinski definition) is 4. The van der Waals surface area contributed by atoms with Crippen LogP contribution in [0.4, 0.5) is 5.82 Å². The summed E-state index contributed by atoms with van der Waals surface area (Å²) in [6.07, 6.45) is 2.80. The van der Waals surface area contributed by atoms with Crippen LogP contribution in [0.5, 0.6) is 0 Å². The summed E-state index contributed by atoms with van der Waals surface area (Å²) in [7, 11) is 0. The van der Waals surface area contributed by atoms with Crippen LogP contribution in [-0.4, -0.2) is 29.0 Å². The molecule has 0 atom stereocenters. The second-order valence-corrected chi connectivity index (χ2v) is 6.40. The number of anilines is 1. The molecular formula is C14H21BrN4O. The topological polar surface area (TPSA) is 66.9 Å². The van der Waals surface area contributed by atoms with Crippen molar-refractivity contribution >= 4 is 27.7 Å². The lowest BCUT2D eigenvalue weighted by Gasteiger charge is -2.09. The summed E-state index contributed by atoms with van der Waals surface area (Å²) in [6, 6.07) is 1.85. The maximum atomic E-state index is 11.6. The maximum Gasteiger partial charge on any atom is 0.221 e. The molecule has 0 unspecified atom stereocenters. The predicted molar refractivity (Wildman–Crippen MR) is 82.7 cm³/mol. The Hall–Kier alpha value is -1.17. The minimum Gasteiger partial charge on any atom is -0.369 e. The molecule has 1 aliphatic carbocycles. The molecule has 2 rings (SSSR count). The molecule has 0 radical (unpaired) electrons. The van der Waals surface area contributed by atoms with E-state index in [4.69, 9.17) is 0 Å². The summed E-state index contributed by atoms with van der Waals surface area (Å²) in [5, 5.41) is 6.08. The molecule has 1 aliphatic rings. The summed E-state index contributed by atoms with van der Waals surface area (Å²) < 4.78 is 0.793. The smallest absolute Gasteiger partial charge is 0.221 e. The van der Waals surface area contributed by atoms with Crippen LogP contribution in [0.15, 0.2) is 10.7 Å². The van der Waals surface area contributed by atoms with Crippen LogP contribution in [0, 0.1) is 5.92 Å². The molecule has 0 spiro atoms. The molecule has 2 N–H and O–H groups in total. The number of carbonyl (C=O) groups excluding carboxylic acids is 1. The minimum atomic E-state index is 0.0711. The highest BCUT2D eigenvalue weighted by atomic mass is 79.9. The molecule has 1 amide bonds. The maximum absolute atomic E-state index is 11.6. The molecule has 0 saturated heterocycles. The molecule has 1 aromatic heterocycles. The van der Waals surface area contributed by atoms with Crippen LogP contribution in [0.25, 0.3) is 0 Å². The first-order valence-corrected chi connectivity index (χ1v) is 7.89. The molecule has 0 bridgehead atoms. The standard InChI is InChI=1S/C14H21BrN4O/c1-9(2)8-17-13(20)5-6-16-12-7-11(15)18-14(19-12)10-3-4-10/h7,9-10H,3-6,8H2,1-2H3,(H,17,20)(H,16,18,19). The van der Waals surface area contributed by atoms with Gasteiger partial charge >= 0.3 is 0 Å². The minimum absolute atomic E-state index is 0.0711. The van der Waals surface area contributed by atoms with Crippen LogP contribution >= 0.6 is 15.9 Å². The Morgan fingerprint density at radius 3 is 2.85 bits per heavy atom. The Bertz CT molecular complexity index is 474. The van der Waals surface area contributed by atoms with E-state index >= 15 is 0 Å². The van der Waals surface area contributed by atoms with Crippen LogP contribution in [0.3, 0.4) is 0 Å². The molecule has 0 aromatic carbocycles. The van der Waals surface area contributed by atoms with E-state index in [0.717, 1.165) is 22.8 Å². The number of halogens is 1. The third-order valence-electron chi connectivity index (χ3n) is 3.02. The van der Waals surface area contributed by atoms with Gasteiger partial charge in [-0.3, -0.25) is 4.79 Å². The van der Waals surface area contributed by atoms with Crippen molar-refractivity contribution in [2.24, 2.45) is 5.92 Å². The van der Waals surface area contributed by atoms with Crippen molar-refractivity contribution < 1.29 is 4.79 Å². The van der Waals surface area contributed by atoms with Gasteiger partial charge < -0.3 is 10.6 Å². The van der Waals surface area contributed by atoms with Crippen LogP contribution < -0.4 is 10.6 Å².